The minimum atomic E-state index is -0.342. The van der Waals surface area contributed by atoms with Gasteiger partial charge in [-0.2, -0.15) is 0 Å². The zero-order chi connectivity index (χ0) is 20.9. The molecule has 1 N–H and O–H groups in total. The van der Waals surface area contributed by atoms with Crippen molar-refractivity contribution in [3.8, 4) is 11.6 Å². The molecule has 1 aliphatic heterocycles. The van der Waals surface area contributed by atoms with Crippen molar-refractivity contribution in [2.45, 2.75) is 13.5 Å². The fourth-order valence-electron chi connectivity index (χ4n) is 2.87. The van der Waals surface area contributed by atoms with Crippen LogP contribution in [0.2, 0.25) is 0 Å². The quantitative estimate of drug-likeness (QED) is 0.639. The molecule has 1 fully saturated rings. The van der Waals surface area contributed by atoms with Crippen LogP contribution in [0.15, 0.2) is 36.4 Å². The number of hydrogen-bond donors (Lipinski definition) is 1. The lowest BCUT2D eigenvalue weighted by Crippen LogP contribution is -2.48. The van der Waals surface area contributed by atoms with E-state index in [4.69, 9.17) is 9.47 Å². The molecule has 0 bridgehead atoms. The average Bonchev–Trinajstić information content (AvgIpc) is 3.14. The van der Waals surface area contributed by atoms with Crippen molar-refractivity contribution in [1.29, 1.82) is 0 Å². The van der Waals surface area contributed by atoms with Crippen LogP contribution in [0.4, 0.5) is 4.39 Å². The van der Waals surface area contributed by atoms with Crippen molar-refractivity contribution in [3.63, 3.8) is 0 Å². The summed E-state index contributed by atoms with van der Waals surface area (Å²) in [5.41, 5.74) is 4.98. The Balaban J connectivity index is 1.39. The van der Waals surface area contributed by atoms with Gasteiger partial charge in [-0.15, -0.1) is 15.3 Å². The molecule has 0 atom stereocenters. The summed E-state index contributed by atoms with van der Waals surface area (Å²) in [7, 11) is 0. The molecule has 1 aliphatic rings. The van der Waals surface area contributed by atoms with Crippen LogP contribution in [0.3, 0.4) is 0 Å². The van der Waals surface area contributed by atoms with Gasteiger partial charge in [-0.3, -0.25) is 10.2 Å². The number of carbonyl (C=O) groups excluding carboxylic acids is 1. The molecule has 30 heavy (non-hydrogen) atoms. The summed E-state index contributed by atoms with van der Waals surface area (Å²) >= 11 is 0. The third-order valence-corrected chi connectivity index (χ3v) is 4.53. The molecule has 0 radical (unpaired) electrons. The predicted molar refractivity (Wildman–Crippen MR) is 102 cm³/mol. The van der Waals surface area contributed by atoms with Crippen LogP contribution in [-0.2, 0) is 11.3 Å². The molecular weight excluding hydrogens is 393 g/mol. The lowest BCUT2D eigenvalue weighted by Gasteiger charge is -2.26. The van der Waals surface area contributed by atoms with Crippen LogP contribution in [0.5, 0.6) is 5.88 Å². The minimum absolute atomic E-state index is 0.129. The summed E-state index contributed by atoms with van der Waals surface area (Å²) in [6.07, 6.45) is 0. The van der Waals surface area contributed by atoms with E-state index in [0.29, 0.717) is 43.4 Å². The van der Waals surface area contributed by atoms with E-state index in [1.54, 1.807) is 40.9 Å². The Morgan fingerprint density at radius 3 is 2.60 bits per heavy atom. The number of hydrogen-bond acceptors (Lipinski definition) is 8. The van der Waals surface area contributed by atoms with E-state index < -0.39 is 0 Å². The molecule has 10 nitrogen and oxygen atoms in total. The molecule has 4 rings (SSSR count). The molecular formula is C19H20FN7O3. The third kappa shape index (κ3) is 4.58. The highest BCUT2D eigenvalue weighted by molar-refractivity contribution is 5.91. The number of carbonyl (C=O) groups is 1. The van der Waals surface area contributed by atoms with E-state index >= 15 is 0 Å². The Labute approximate surface area is 171 Å². The monoisotopic (exact) mass is 413 g/mol. The Morgan fingerprint density at radius 1 is 1.13 bits per heavy atom. The number of hydrazine groups is 1. The summed E-state index contributed by atoms with van der Waals surface area (Å²) in [5, 5.41) is 17.8. The fraction of sp³-hybridized carbons (Fsp3) is 0.316. The van der Waals surface area contributed by atoms with Gasteiger partial charge in [0.05, 0.1) is 24.6 Å². The van der Waals surface area contributed by atoms with Gasteiger partial charge in [0.25, 0.3) is 5.91 Å². The van der Waals surface area contributed by atoms with Crippen LogP contribution in [0.1, 0.15) is 21.9 Å². The van der Waals surface area contributed by atoms with Gasteiger partial charge in [-0.1, -0.05) is 5.21 Å². The van der Waals surface area contributed by atoms with Crippen LogP contribution < -0.4 is 10.2 Å². The number of aryl methyl sites for hydroxylation is 1. The molecule has 0 spiro atoms. The summed E-state index contributed by atoms with van der Waals surface area (Å²) in [5.74, 6) is -0.420. The van der Waals surface area contributed by atoms with Crippen LogP contribution in [0.25, 0.3) is 5.69 Å². The van der Waals surface area contributed by atoms with E-state index in [9.17, 15) is 9.18 Å². The Hall–Kier alpha value is -3.44. The first-order chi connectivity index (χ1) is 14.6. The Kier molecular flexibility index (Phi) is 5.91. The topological polar surface area (TPSA) is 107 Å². The van der Waals surface area contributed by atoms with Gasteiger partial charge in [-0.05, 0) is 37.3 Å². The fourth-order valence-corrected chi connectivity index (χ4v) is 2.87. The zero-order valence-electron chi connectivity index (χ0n) is 16.3. The number of benzene rings is 1. The largest absolute Gasteiger partial charge is 0.470 e. The van der Waals surface area contributed by atoms with Crippen LogP contribution in [0, 0.1) is 12.7 Å². The molecule has 1 aromatic carbocycles. The second kappa shape index (κ2) is 8.93. The lowest BCUT2D eigenvalue weighted by molar-refractivity contribution is 0.0124. The van der Waals surface area contributed by atoms with Gasteiger partial charge in [0, 0.05) is 19.2 Å². The zero-order valence-corrected chi connectivity index (χ0v) is 16.3. The van der Waals surface area contributed by atoms with Crippen molar-refractivity contribution in [2.24, 2.45) is 0 Å². The maximum absolute atomic E-state index is 13.2. The number of halogens is 1. The van der Waals surface area contributed by atoms with E-state index in [1.807, 2.05) is 0 Å². The van der Waals surface area contributed by atoms with Gasteiger partial charge in [0.2, 0.25) is 5.88 Å². The van der Waals surface area contributed by atoms with E-state index in [-0.39, 0.29) is 29.9 Å². The number of nitrogens with zero attached hydrogens (tertiary/aromatic N) is 6. The maximum atomic E-state index is 13.2. The first kappa shape index (κ1) is 19.9. The highest BCUT2D eigenvalue weighted by Crippen LogP contribution is 2.16. The van der Waals surface area contributed by atoms with Crippen LogP contribution in [-0.4, -0.2) is 62.4 Å². The van der Waals surface area contributed by atoms with Gasteiger partial charge >= 0.3 is 0 Å². The summed E-state index contributed by atoms with van der Waals surface area (Å²) < 4.78 is 25.7. The number of morpholine rings is 1. The molecule has 0 aliphatic carbocycles. The first-order valence-electron chi connectivity index (χ1n) is 9.37. The minimum Gasteiger partial charge on any atom is -0.470 e. The standard InChI is InChI=1S/C19H20FN7O3/c1-13-17(27(25-21-13)15-4-2-14(20)3-5-15)12-30-18-7-6-16(22-23-18)19(28)24-26-8-10-29-11-9-26/h2-7H,8-12H2,1H3,(H,24,28). The number of nitrogens with one attached hydrogen (secondary N) is 1. The second-order valence-electron chi connectivity index (χ2n) is 6.60. The molecule has 1 saturated heterocycles. The number of ether oxygens (including phenoxy) is 2. The Bertz CT molecular complexity index is 1000. The van der Waals surface area contributed by atoms with Gasteiger partial charge in [0.1, 0.15) is 18.1 Å². The van der Waals surface area contributed by atoms with Gasteiger partial charge < -0.3 is 9.47 Å². The van der Waals surface area contributed by atoms with Gasteiger partial charge in [0.15, 0.2) is 5.69 Å². The summed E-state index contributed by atoms with van der Waals surface area (Å²) in [6.45, 7) is 4.31. The van der Waals surface area contributed by atoms with Gasteiger partial charge in [-0.25, -0.2) is 14.1 Å². The van der Waals surface area contributed by atoms with E-state index in [0.717, 1.165) is 0 Å². The number of rotatable bonds is 6. The average molecular weight is 413 g/mol. The molecule has 11 heteroatoms. The molecule has 3 aromatic rings. The van der Waals surface area contributed by atoms with Crippen molar-refractivity contribution >= 4 is 5.91 Å². The maximum Gasteiger partial charge on any atom is 0.286 e. The number of aromatic nitrogens is 5. The smallest absolute Gasteiger partial charge is 0.286 e. The van der Waals surface area contributed by atoms with Crippen molar-refractivity contribution in [1.82, 2.24) is 35.6 Å². The highest BCUT2D eigenvalue weighted by Gasteiger charge is 2.16. The second-order valence-corrected chi connectivity index (χ2v) is 6.60. The third-order valence-electron chi connectivity index (χ3n) is 4.53. The van der Waals surface area contributed by atoms with Crippen molar-refractivity contribution in [2.75, 3.05) is 26.3 Å². The first-order valence-corrected chi connectivity index (χ1v) is 9.37. The number of amides is 1. The molecule has 0 unspecified atom stereocenters. The molecule has 1 amide bonds. The molecule has 3 heterocycles. The highest BCUT2D eigenvalue weighted by atomic mass is 19.1. The Morgan fingerprint density at radius 2 is 1.90 bits per heavy atom. The molecule has 2 aromatic heterocycles. The summed E-state index contributed by atoms with van der Waals surface area (Å²) in [4.78, 5) is 12.3. The molecule has 156 valence electrons. The summed E-state index contributed by atoms with van der Waals surface area (Å²) in [6, 6.07) is 9.03. The molecule has 0 saturated carbocycles. The van der Waals surface area contributed by atoms with Crippen LogP contribution >= 0.6 is 0 Å². The van der Waals surface area contributed by atoms with Crippen molar-refractivity contribution < 1.29 is 18.7 Å². The van der Waals surface area contributed by atoms with Crippen molar-refractivity contribution in [3.05, 3.63) is 59.3 Å². The lowest BCUT2D eigenvalue weighted by atomic mass is 10.3. The SMILES string of the molecule is Cc1nnn(-c2ccc(F)cc2)c1COc1ccc(C(=O)NN2CCOCC2)nn1. The van der Waals surface area contributed by atoms with E-state index in [1.165, 1.54) is 12.1 Å². The normalized spacial score (nSPS) is 14.5. The predicted octanol–water partition coefficient (Wildman–Crippen LogP) is 1.06. The van der Waals surface area contributed by atoms with E-state index in [2.05, 4.69) is 25.9 Å².